The highest BCUT2D eigenvalue weighted by atomic mass is 16.3. The van der Waals surface area contributed by atoms with Gasteiger partial charge in [-0.25, -0.2) is 0 Å². The highest BCUT2D eigenvalue weighted by molar-refractivity contribution is 5.74. The van der Waals surface area contributed by atoms with Crippen LogP contribution in [0.2, 0.25) is 0 Å². The lowest BCUT2D eigenvalue weighted by Crippen LogP contribution is -2.36. The molecule has 4 nitrogen and oxygen atoms in total. The maximum Gasteiger partial charge on any atom is 0.119 e. The lowest BCUT2D eigenvalue weighted by atomic mass is 9.60. The standard InChI is InChI=1S/C20H25N3O/c1-19(2,3)18(14-8-6-7-9-17(14)24)20(4,5)13-10-11-15-16(12-13)22-23-21-15/h6-12,18,24H,1-5H3,(H,21,22,23). The summed E-state index contributed by atoms with van der Waals surface area (Å²) < 4.78 is 0. The second kappa shape index (κ2) is 5.62. The second-order valence-corrected chi connectivity index (χ2v) is 8.12. The van der Waals surface area contributed by atoms with E-state index in [0.29, 0.717) is 5.75 Å². The van der Waals surface area contributed by atoms with Crippen LogP contribution < -0.4 is 0 Å². The molecule has 3 aromatic rings. The number of nitrogens with one attached hydrogen (secondary N) is 1. The number of hydrogen-bond donors (Lipinski definition) is 2. The van der Waals surface area contributed by atoms with Gasteiger partial charge in [0.15, 0.2) is 0 Å². The number of H-pyrrole nitrogens is 1. The van der Waals surface area contributed by atoms with Crippen molar-refractivity contribution >= 4 is 11.0 Å². The summed E-state index contributed by atoms with van der Waals surface area (Å²) in [5, 5.41) is 21.4. The van der Waals surface area contributed by atoms with E-state index in [0.717, 1.165) is 16.6 Å². The molecule has 0 aliphatic carbocycles. The molecule has 0 fully saturated rings. The Morgan fingerprint density at radius 3 is 2.38 bits per heavy atom. The maximum absolute atomic E-state index is 10.5. The number of aromatic nitrogens is 3. The number of aromatic hydroxyl groups is 1. The molecule has 1 aromatic heterocycles. The van der Waals surface area contributed by atoms with Gasteiger partial charge >= 0.3 is 0 Å². The summed E-state index contributed by atoms with van der Waals surface area (Å²) in [6.45, 7) is 11.1. The zero-order valence-electron chi connectivity index (χ0n) is 15.0. The third kappa shape index (κ3) is 2.77. The Labute approximate surface area is 142 Å². The molecule has 0 aliphatic rings. The number of para-hydroxylation sites is 1. The van der Waals surface area contributed by atoms with E-state index in [4.69, 9.17) is 0 Å². The van der Waals surface area contributed by atoms with Crippen molar-refractivity contribution in [3.63, 3.8) is 0 Å². The quantitative estimate of drug-likeness (QED) is 0.729. The fraction of sp³-hybridized carbons (Fsp3) is 0.400. The maximum atomic E-state index is 10.5. The predicted molar refractivity (Wildman–Crippen MR) is 97.2 cm³/mol. The first kappa shape index (κ1) is 16.5. The molecule has 0 bridgehead atoms. The number of fused-ring (bicyclic) bond motifs is 1. The molecule has 0 aliphatic heterocycles. The summed E-state index contributed by atoms with van der Waals surface area (Å²) in [5.41, 5.74) is 3.75. The van der Waals surface area contributed by atoms with Crippen molar-refractivity contribution in [2.75, 3.05) is 0 Å². The fourth-order valence-corrected chi connectivity index (χ4v) is 4.08. The Balaban J connectivity index is 2.16. The Hall–Kier alpha value is -2.36. The second-order valence-electron chi connectivity index (χ2n) is 8.12. The van der Waals surface area contributed by atoms with Gasteiger partial charge < -0.3 is 5.11 Å². The van der Waals surface area contributed by atoms with Crippen molar-refractivity contribution in [2.45, 2.75) is 46.0 Å². The van der Waals surface area contributed by atoms with Crippen LogP contribution in [-0.4, -0.2) is 20.5 Å². The van der Waals surface area contributed by atoms with Crippen molar-refractivity contribution in [3.8, 4) is 5.75 Å². The topological polar surface area (TPSA) is 61.8 Å². The molecule has 1 heterocycles. The van der Waals surface area contributed by atoms with Crippen molar-refractivity contribution < 1.29 is 5.11 Å². The first-order valence-electron chi connectivity index (χ1n) is 8.30. The van der Waals surface area contributed by atoms with Crippen LogP contribution >= 0.6 is 0 Å². The van der Waals surface area contributed by atoms with Crippen molar-refractivity contribution in [3.05, 3.63) is 53.6 Å². The van der Waals surface area contributed by atoms with Crippen LogP contribution in [0.3, 0.4) is 0 Å². The van der Waals surface area contributed by atoms with Gasteiger partial charge in [-0.15, -0.1) is 5.10 Å². The highest BCUT2D eigenvalue weighted by Gasteiger charge is 2.41. The van der Waals surface area contributed by atoms with Gasteiger partial charge in [-0.3, -0.25) is 5.10 Å². The Morgan fingerprint density at radius 2 is 1.71 bits per heavy atom. The molecular formula is C20H25N3O. The van der Waals surface area contributed by atoms with Crippen molar-refractivity contribution in [2.24, 2.45) is 5.41 Å². The van der Waals surface area contributed by atoms with Crippen LogP contribution in [0.5, 0.6) is 5.75 Å². The fourth-order valence-electron chi connectivity index (χ4n) is 4.08. The summed E-state index contributed by atoms with van der Waals surface area (Å²) in [6.07, 6.45) is 0. The normalized spacial score (nSPS) is 14.0. The van der Waals surface area contributed by atoms with E-state index in [1.54, 1.807) is 6.07 Å². The van der Waals surface area contributed by atoms with Gasteiger partial charge in [0.2, 0.25) is 0 Å². The molecule has 126 valence electrons. The van der Waals surface area contributed by atoms with Crippen molar-refractivity contribution in [1.82, 2.24) is 15.4 Å². The number of nitrogens with zero attached hydrogens (tertiary/aromatic N) is 2. The van der Waals surface area contributed by atoms with Gasteiger partial charge in [0.25, 0.3) is 0 Å². The summed E-state index contributed by atoms with van der Waals surface area (Å²) in [7, 11) is 0. The monoisotopic (exact) mass is 323 g/mol. The third-order valence-electron chi connectivity index (χ3n) is 4.91. The molecule has 0 radical (unpaired) electrons. The number of aromatic amines is 1. The van der Waals surface area contributed by atoms with Gasteiger partial charge in [0.05, 0.1) is 5.52 Å². The van der Waals surface area contributed by atoms with Crippen LogP contribution in [0.1, 0.15) is 51.7 Å². The average molecular weight is 323 g/mol. The van der Waals surface area contributed by atoms with Gasteiger partial charge in [-0.05, 0) is 40.2 Å². The van der Waals surface area contributed by atoms with Crippen LogP contribution in [0.15, 0.2) is 42.5 Å². The molecule has 0 saturated heterocycles. The largest absolute Gasteiger partial charge is 0.508 e. The van der Waals surface area contributed by atoms with Crippen molar-refractivity contribution in [1.29, 1.82) is 0 Å². The molecule has 1 unspecified atom stereocenters. The lowest BCUT2D eigenvalue weighted by molar-refractivity contribution is 0.219. The van der Waals surface area contributed by atoms with E-state index in [-0.39, 0.29) is 16.7 Å². The molecule has 3 rings (SSSR count). The number of rotatable bonds is 3. The number of phenolic OH excluding ortho intramolecular Hbond substituents is 1. The summed E-state index contributed by atoms with van der Waals surface area (Å²) in [4.78, 5) is 0. The highest BCUT2D eigenvalue weighted by Crippen LogP contribution is 2.51. The Bertz CT molecular complexity index is 858. The van der Waals surface area contributed by atoms with Crippen LogP contribution in [-0.2, 0) is 5.41 Å². The van der Waals surface area contributed by atoms with Gasteiger partial charge in [0, 0.05) is 5.92 Å². The molecule has 0 spiro atoms. The van der Waals surface area contributed by atoms with Crippen LogP contribution in [0, 0.1) is 5.41 Å². The van der Waals surface area contributed by atoms with Gasteiger partial charge in [0.1, 0.15) is 11.3 Å². The first-order chi connectivity index (χ1) is 11.2. The number of phenols is 1. The lowest BCUT2D eigenvalue weighted by Gasteiger charge is -2.44. The van der Waals surface area contributed by atoms with E-state index in [1.165, 1.54) is 5.56 Å². The third-order valence-corrected chi connectivity index (χ3v) is 4.91. The summed E-state index contributed by atoms with van der Waals surface area (Å²) in [6, 6.07) is 13.9. The average Bonchev–Trinajstić information content (AvgIpc) is 2.95. The first-order valence-corrected chi connectivity index (χ1v) is 8.30. The smallest absolute Gasteiger partial charge is 0.119 e. The molecule has 0 amide bonds. The molecule has 0 saturated carbocycles. The minimum absolute atomic E-state index is 0.0267. The zero-order chi connectivity index (χ0) is 17.5. The number of hydrogen-bond acceptors (Lipinski definition) is 3. The van der Waals surface area contributed by atoms with E-state index >= 15 is 0 Å². The van der Waals surface area contributed by atoms with Crippen LogP contribution in [0.25, 0.3) is 11.0 Å². The molecule has 2 N–H and O–H groups in total. The minimum atomic E-state index is -0.190. The van der Waals surface area contributed by atoms with Crippen LogP contribution in [0.4, 0.5) is 0 Å². The van der Waals surface area contributed by atoms with E-state index in [1.807, 2.05) is 24.3 Å². The minimum Gasteiger partial charge on any atom is -0.508 e. The Morgan fingerprint density at radius 1 is 1.00 bits per heavy atom. The number of benzene rings is 2. The van der Waals surface area contributed by atoms with E-state index in [9.17, 15) is 5.11 Å². The summed E-state index contributed by atoms with van der Waals surface area (Å²) in [5.74, 6) is 0.489. The zero-order valence-corrected chi connectivity index (χ0v) is 15.0. The SMILES string of the molecule is CC(C)(C)C(c1ccccc1O)C(C)(C)c1ccc2[nH]nnc2c1. The Kier molecular flexibility index (Phi) is 3.86. The van der Waals surface area contributed by atoms with Gasteiger partial charge in [-0.2, -0.15) is 0 Å². The predicted octanol–water partition coefficient (Wildman–Crippen LogP) is 4.77. The molecular weight excluding hydrogens is 298 g/mol. The van der Waals surface area contributed by atoms with E-state index < -0.39 is 0 Å². The summed E-state index contributed by atoms with van der Waals surface area (Å²) >= 11 is 0. The van der Waals surface area contributed by atoms with E-state index in [2.05, 4.69) is 62.2 Å². The molecule has 2 aromatic carbocycles. The molecule has 1 atom stereocenters. The molecule has 24 heavy (non-hydrogen) atoms. The van der Waals surface area contributed by atoms with Gasteiger partial charge in [-0.1, -0.05) is 64.1 Å². The molecule has 4 heteroatoms.